The van der Waals surface area contributed by atoms with Gasteiger partial charge in [-0.25, -0.2) is 4.39 Å². The third kappa shape index (κ3) is 2.09. The maximum Gasteiger partial charge on any atom is 0.249 e. The molecule has 6 heteroatoms. The summed E-state index contributed by atoms with van der Waals surface area (Å²) in [4.78, 5) is 17.4. The number of amides is 1. The maximum atomic E-state index is 12.8. The van der Waals surface area contributed by atoms with Gasteiger partial charge in [0.1, 0.15) is 11.9 Å². The Bertz CT molecular complexity index is 609. The molecule has 1 unspecified atom stereocenters. The zero-order valence-corrected chi connectivity index (χ0v) is 10.3. The molecule has 1 fully saturated rings. The lowest BCUT2D eigenvalue weighted by Crippen LogP contribution is -2.22. The van der Waals surface area contributed by atoms with E-state index >= 15 is 0 Å². The summed E-state index contributed by atoms with van der Waals surface area (Å²) in [5.74, 6) is 0.593. The van der Waals surface area contributed by atoms with Crippen LogP contribution >= 0.6 is 0 Å². The minimum absolute atomic E-state index is 0.0755. The Balaban J connectivity index is 1.87. The first-order valence-corrected chi connectivity index (χ1v) is 6.00. The van der Waals surface area contributed by atoms with Crippen molar-refractivity contribution in [2.45, 2.75) is 18.9 Å². The number of nitrogens with zero attached hydrogens (tertiary/aromatic N) is 3. The number of halogens is 1. The summed E-state index contributed by atoms with van der Waals surface area (Å²) in [6.45, 7) is 0. The molecule has 1 saturated heterocycles. The molecule has 1 aliphatic rings. The van der Waals surface area contributed by atoms with Crippen molar-refractivity contribution >= 4 is 5.91 Å². The first-order chi connectivity index (χ1) is 9.15. The maximum absolute atomic E-state index is 12.8. The van der Waals surface area contributed by atoms with Crippen LogP contribution in [0.15, 0.2) is 28.8 Å². The first-order valence-electron chi connectivity index (χ1n) is 6.00. The number of hydrogen-bond donors (Lipinski definition) is 0. The van der Waals surface area contributed by atoms with E-state index < -0.39 is 0 Å². The van der Waals surface area contributed by atoms with E-state index in [1.54, 1.807) is 24.1 Å². The summed E-state index contributed by atoms with van der Waals surface area (Å²) in [7, 11) is 1.72. The van der Waals surface area contributed by atoms with E-state index in [0.29, 0.717) is 30.1 Å². The van der Waals surface area contributed by atoms with E-state index in [1.807, 2.05) is 0 Å². The molecule has 2 heterocycles. The van der Waals surface area contributed by atoms with Crippen LogP contribution in [0.4, 0.5) is 4.39 Å². The lowest BCUT2D eigenvalue weighted by atomic mass is 10.2. The molecule has 0 aliphatic carbocycles. The lowest BCUT2D eigenvalue weighted by Gasteiger charge is -2.14. The molecule has 0 saturated carbocycles. The molecule has 1 amide bonds. The van der Waals surface area contributed by atoms with Crippen molar-refractivity contribution < 1.29 is 13.7 Å². The summed E-state index contributed by atoms with van der Waals surface area (Å²) in [6, 6.07) is 5.71. The molecule has 0 bridgehead atoms. The van der Waals surface area contributed by atoms with Gasteiger partial charge in [-0.2, -0.15) is 4.98 Å². The average Bonchev–Trinajstić information content (AvgIpc) is 2.99. The van der Waals surface area contributed by atoms with Gasteiger partial charge in [0.25, 0.3) is 0 Å². The fourth-order valence-electron chi connectivity index (χ4n) is 2.18. The van der Waals surface area contributed by atoms with E-state index in [9.17, 15) is 9.18 Å². The average molecular weight is 261 g/mol. The number of carbonyl (C=O) groups excluding carboxylic acids is 1. The van der Waals surface area contributed by atoms with E-state index in [1.165, 1.54) is 12.1 Å². The Morgan fingerprint density at radius 3 is 2.74 bits per heavy atom. The quantitative estimate of drug-likeness (QED) is 0.831. The van der Waals surface area contributed by atoms with Crippen LogP contribution in [0.3, 0.4) is 0 Å². The molecule has 0 spiro atoms. The molecule has 1 aromatic heterocycles. The van der Waals surface area contributed by atoms with Crippen LogP contribution in [0.5, 0.6) is 0 Å². The predicted molar refractivity (Wildman–Crippen MR) is 64.4 cm³/mol. The van der Waals surface area contributed by atoms with Crippen molar-refractivity contribution in [2.24, 2.45) is 0 Å². The standard InChI is InChI=1S/C13H12FN3O2/c1-17-10(6-7-11(17)18)13-15-12(16-19-13)8-2-4-9(14)5-3-8/h2-5,10H,6-7H2,1H3. The van der Waals surface area contributed by atoms with Gasteiger partial charge in [0, 0.05) is 19.0 Å². The van der Waals surface area contributed by atoms with Gasteiger partial charge >= 0.3 is 0 Å². The second kappa shape index (κ2) is 4.46. The van der Waals surface area contributed by atoms with Gasteiger partial charge in [0.05, 0.1) is 0 Å². The number of rotatable bonds is 2. The van der Waals surface area contributed by atoms with Gasteiger partial charge in [0.15, 0.2) is 0 Å². The smallest absolute Gasteiger partial charge is 0.249 e. The number of aromatic nitrogens is 2. The van der Waals surface area contributed by atoms with Gasteiger partial charge in [0.2, 0.25) is 17.6 Å². The highest BCUT2D eigenvalue weighted by Gasteiger charge is 2.33. The Labute approximate surface area is 109 Å². The molecule has 2 aromatic rings. The van der Waals surface area contributed by atoms with Crippen molar-refractivity contribution in [1.29, 1.82) is 0 Å². The molecule has 1 atom stereocenters. The van der Waals surface area contributed by atoms with Crippen LogP contribution in [0, 0.1) is 5.82 Å². The Kier molecular flexibility index (Phi) is 2.77. The van der Waals surface area contributed by atoms with Gasteiger partial charge in [-0.1, -0.05) is 5.16 Å². The van der Waals surface area contributed by atoms with Crippen LogP contribution in [0.1, 0.15) is 24.8 Å². The number of hydrogen-bond acceptors (Lipinski definition) is 4. The van der Waals surface area contributed by atoms with Crippen molar-refractivity contribution in [2.75, 3.05) is 7.05 Å². The van der Waals surface area contributed by atoms with Crippen molar-refractivity contribution in [3.05, 3.63) is 36.0 Å². The van der Waals surface area contributed by atoms with Crippen LogP contribution in [0.25, 0.3) is 11.4 Å². The minimum atomic E-state index is -0.311. The highest BCUT2D eigenvalue weighted by Crippen LogP contribution is 2.31. The normalized spacial score (nSPS) is 19.2. The monoisotopic (exact) mass is 261 g/mol. The summed E-state index contributed by atoms with van der Waals surface area (Å²) >= 11 is 0. The van der Waals surface area contributed by atoms with E-state index in [0.717, 1.165) is 0 Å². The van der Waals surface area contributed by atoms with Gasteiger partial charge < -0.3 is 9.42 Å². The van der Waals surface area contributed by atoms with Crippen LogP contribution in [0.2, 0.25) is 0 Å². The number of carbonyl (C=O) groups is 1. The summed E-state index contributed by atoms with van der Waals surface area (Å²) in [5.41, 5.74) is 0.684. The molecule has 1 aliphatic heterocycles. The second-order valence-corrected chi connectivity index (χ2v) is 4.52. The highest BCUT2D eigenvalue weighted by atomic mass is 19.1. The van der Waals surface area contributed by atoms with E-state index in [2.05, 4.69) is 10.1 Å². The number of likely N-dealkylation sites (tertiary alicyclic amines) is 1. The molecule has 3 rings (SSSR count). The second-order valence-electron chi connectivity index (χ2n) is 4.52. The fraction of sp³-hybridized carbons (Fsp3) is 0.308. The zero-order chi connectivity index (χ0) is 13.4. The van der Waals surface area contributed by atoms with Gasteiger partial charge in [-0.3, -0.25) is 4.79 Å². The number of benzene rings is 1. The van der Waals surface area contributed by atoms with Gasteiger partial charge in [-0.15, -0.1) is 0 Å². The Morgan fingerprint density at radius 2 is 2.11 bits per heavy atom. The first kappa shape index (κ1) is 11.8. The van der Waals surface area contributed by atoms with Crippen molar-refractivity contribution in [3.63, 3.8) is 0 Å². The molecule has 19 heavy (non-hydrogen) atoms. The summed E-state index contributed by atoms with van der Waals surface area (Å²) in [6.07, 6.45) is 1.18. The fourth-order valence-corrected chi connectivity index (χ4v) is 2.18. The summed E-state index contributed by atoms with van der Waals surface area (Å²) in [5, 5.41) is 3.87. The predicted octanol–water partition coefficient (Wildman–Crippen LogP) is 2.17. The molecule has 98 valence electrons. The molecular weight excluding hydrogens is 249 g/mol. The Morgan fingerprint density at radius 1 is 1.37 bits per heavy atom. The minimum Gasteiger partial charge on any atom is -0.337 e. The molecule has 0 radical (unpaired) electrons. The van der Waals surface area contributed by atoms with E-state index in [-0.39, 0.29) is 17.8 Å². The zero-order valence-electron chi connectivity index (χ0n) is 10.3. The molecule has 5 nitrogen and oxygen atoms in total. The SMILES string of the molecule is CN1C(=O)CCC1c1nc(-c2ccc(F)cc2)no1. The highest BCUT2D eigenvalue weighted by molar-refractivity contribution is 5.78. The third-order valence-corrected chi connectivity index (χ3v) is 3.32. The van der Waals surface area contributed by atoms with Crippen LogP contribution in [-0.2, 0) is 4.79 Å². The van der Waals surface area contributed by atoms with Crippen LogP contribution in [-0.4, -0.2) is 28.0 Å². The molecule has 0 N–H and O–H groups in total. The molecular formula is C13H12FN3O2. The topological polar surface area (TPSA) is 59.2 Å². The molecule has 1 aromatic carbocycles. The van der Waals surface area contributed by atoms with Gasteiger partial charge in [-0.05, 0) is 30.7 Å². The van der Waals surface area contributed by atoms with Crippen molar-refractivity contribution in [3.8, 4) is 11.4 Å². The van der Waals surface area contributed by atoms with Crippen LogP contribution < -0.4 is 0 Å². The largest absolute Gasteiger partial charge is 0.337 e. The van der Waals surface area contributed by atoms with E-state index in [4.69, 9.17) is 4.52 Å². The summed E-state index contributed by atoms with van der Waals surface area (Å²) < 4.78 is 18.0. The lowest BCUT2D eigenvalue weighted by molar-refractivity contribution is -0.127. The Hall–Kier alpha value is -2.24. The van der Waals surface area contributed by atoms with Crippen molar-refractivity contribution in [1.82, 2.24) is 15.0 Å². The third-order valence-electron chi connectivity index (χ3n) is 3.32.